The van der Waals surface area contributed by atoms with Gasteiger partial charge < -0.3 is 20.9 Å². The molecule has 9 heteroatoms. The monoisotopic (exact) mass is 520 g/mol. The third kappa shape index (κ3) is 5.96. The lowest BCUT2D eigenvalue weighted by molar-refractivity contribution is -0.127. The molecule has 2 aliphatic carbocycles. The average Bonchev–Trinajstić information content (AvgIpc) is 3.34. The maximum absolute atomic E-state index is 13.0. The highest BCUT2D eigenvalue weighted by Crippen LogP contribution is 2.33. The van der Waals surface area contributed by atoms with Crippen LogP contribution < -0.4 is 16.0 Å². The average molecular weight is 521 g/mol. The molecule has 8 nitrogen and oxygen atoms in total. The molecule has 2 aliphatic rings. The van der Waals surface area contributed by atoms with E-state index in [0.717, 1.165) is 67.8 Å². The first-order valence-corrected chi connectivity index (χ1v) is 13.5. The lowest BCUT2D eigenvalue weighted by Crippen LogP contribution is -2.46. The van der Waals surface area contributed by atoms with E-state index in [9.17, 15) is 9.59 Å². The molecule has 2 unspecified atom stereocenters. The predicted octanol–water partition coefficient (Wildman–Crippen LogP) is 4.98. The van der Waals surface area contributed by atoms with Gasteiger partial charge in [0, 0.05) is 46.7 Å². The molecule has 0 saturated heterocycles. The van der Waals surface area contributed by atoms with E-state index in [-0.39, 0.29) is 35.9 Å². The molecular weight excluding hydrogens is 488 g/mol. The molecule has 2 amide bonds. The maximum atomic E-state index is 13.0. The van der Waals surface area contributed by atoms with Crippen molar-refractivity contribution in [3.8, 4) is 11.3 Å². The minimum absolute atomic E-state index is 0.00329. The van der Waals surface area contributed by atoms with E-state index in [1.54, 1.807) is 6.20 Å². The fourth-order valence-corrected chi connectivity index (χ4v) is 5.80. The highest BCUT2D eigenvalue weighted by atomic mass is 35.5. The number of para-hydroxylation sites is 1. The number of amides is 2. The fraction of sp³-hybridized carbons (Fsp3) is 0.429. The quantitative estimate of drug-likeness (QED) is 0.328. The molecule has 2 heterocycles. The van der Waals surface area contributed by atoms with Gasteiger partial charge in [-0.05, 0) is 63.5 Å². The molecular formula is C28H33ClN6O2. The number of benzene rings is 1. The van der Waals surface area contributed by atoms with Crippen LogP contribution in [0, 0.1) is 5.92 Å². The van der Waals surface area contributed by atoms with Gasteiger partial charge in [-0.1, -0.05) is 36.4 Å². The number of carbonyl (C=O) groups is 2. The topological polar surface area (TPSA) is 112 Å². The first-order valence-electron chi connectivity index (χ1n) is 13.1. The van der Waals surface area contributed by atoms with E-state index in [4.69, 9.17) is 16.6 Å². The Balaban J connectivity index is 1.17. The molecule has 194 valence electrons. The summed E-state index contributed by atoms with van der Waals surface area (Å²) in [5, 5.41) is 11.3. The number of anilines is 1. The fourth-order valence-electron chi connectivity index (χ4n) is 5.61. The van der Waals surface area contributed by atoms with Gasteiger partial charge in [-0.15, -0.1) is 0 Å². The summed E-state index contributed by atoms with van der Waals surface area (Å²) in [6.45, 7) is 3.50. The number of rotatable bonds is 7. The number of H-pyrrole nitrogens is 1. The van der Waals surface area contributed by atoms with Crippen molar-refractivity contribution in [2.45, 2.75) is 69.5 Å². The summed E-state index contributed by atoms with van der Waals surface area (Å²) in [4.78, 5) is 37.0. The third-order valence-corrected chi connectivity index (χ3v) is 7.85. The van der Waals surface area contributed by atoms with Gasteiger partial charge in [-0.2, -0.15) is 0 Å². The molecule has 0 bridgehead atoms. The van der Waals surface area contributed by atoms with E-state index >= 15 is 0 Å². The smallest absolute Gasteiger partial charge is 0.243 e. The molecule has 0 radical (unpaired) electrons. The summed E-state index contributed by atoms with van der Waals surface area (Å²) >= 11 is 6.49. The highest BCUT2D eigenvalue weighted by Gasteiger charge is 2.30. The first kappa shape index (κ1) is 25.3. The van der Waals surface area contributed by atoms with Gasteiger partial charge in [-0.25, -0.2) is 9.97 Å². The minimum Gasteiger partial charge on any atom is -0.360 e. The van der Waals surface area contributed by atoms with E-state index in [0.29, 0.717) is 16.7 Å². The number of hydrogen-bond donors (Lipinski definition) is 4. The molecule has 2 saturated carbocycles. The molecule has 0 spiro atoms. The molecule has 2 aromatic heterocycles. The minimum atomic E-state index is -0.146. The maximum Gasteiger partial charge on any atom is 0.243 e. The Morgan fingerprint density at radius 3 is 2.62 bits per heavy atom. The molecule has 3 aromatic rings. The van der Waals surface area contributed by atoms with E-state index in [2.05, 4.69) is 32.5 Å². The molecule has 4 N–H and O–H groups in total. The Hall–Kier alpha value is -3.39. The summed E-state index contributed by atoms with van der Waals surface area (Å²) in [5.41, 5.74) is 2.67. The van der Waals surface area contributed by atoms with Crippen molar-refractivity contribution in [1.29, 1.82) is 0 Å². The predicted molar refractivity (Wildman–Crippen MR) is 146 cm³/mol. The summed E-state index contributed by atoms with van der Waals surface area (Å²) in [6.07, 6.45) is 11.9. The lowest BCUT2D eigenvalue weighted by atomic mass is 9.84. The van der Waals surface area contributed by atoms with Gasteiger partial charge in [0.25, 0.3) is 0 Å². The normalized spacial score (nSPS) is 23.8. The molecule has 2 atom stereocenters. The van der Waals surface area contributed by atoms with Gasteiger partial charge >= 0.3 is 0 Å². The highest BCUT2D eigenvalue weighted by molar-refractivity contribution is 6.33. The largest absolute Gasteiger partial charge is 0.360 e. The first-order chi connectivity index (χ1) is 18.0. The Labute approximate surface area is 221 Å². The van der Waals surface area contributed by atoms with Crippen LogP contribution in [0.5, 0.6) is 0 Å². The summed E-state index contributed by atoms with van der Waals surface area (Å²) in [5.74, 6) is 0.528. The Bertz CT molecular complexity index is 1280. The number of aromatic amines is 1. The zero-order chi connectivity index (χ0) is 25.8. The lowest BCUT2D eigenvalue weighted by Gasteiger charge is -2.33. The van der Waals surface area contributed by atoms with Crippen LogP contribution in [-0.4, -0.2) is 44.9 Å². The Morgan fingerprint density at radius 2 is 1.81 bits per heavy atom. The van der Waals surface area contributed by atoms with E-state index in [1.165, 1.54) is 6.08 Å². The number of fused-ring (bicyclic) bond motifs is 1. The molecule has 1 aromatic carbocycles. The Kier molecular flexibility index (Phi) is 7.74. The van der Waals surface area contributed by atoms with Crippen molar-refractivity contribution in [1.82, 2.24) is 25.6 Å². The molecule has 5 rings (SSSR count). The zero-order valence-electron chi connectivity index (χ0n) is 20.8. The van der Waals surface area contributed by atoms with Crippen molar-refractivity contribution in [2.75, 3.05) is 5.32 Å². The number of aromatic nitrogens is 3. The van der Waals surface area contributed by atoms with Crippen molar-refractivity contribution >= 4 is 40.3 Å². The van der Waals surface area contributed by atoms with Crippen LogP contribution in [-0.2, 0) is 9.59 Å². The molecule has 0 aliphatic heterocycles. The summed E-state index contributed by atoms with van der Waals surface area (Å²) in [7, 11) is 0. The summed E-state index contributed by atoms with van der Waals surface area (Å²) < 4.78 is 0. The second-order valence-corrected chi connectivity index (χ2v) is 10.5. The van der Waals surface area contributed by atoms with Crippen LogP contribution in [0.15, 0.2) is 49.3 Å². The molecule has 37 heavy (non-hydrogen) atoms. The summed E-state index contributed by atoms with van der Waals surface area (Å²) in [6, 6.07) is 8.48. The number of hydrogen-bond acceptors (Lipinski definition) is 5. The molecule has 2 fully saturated rings. The second-order valence-electron chi connectivity index (χ2n) is 10.1. The van der Waals surface area contributed by atoms with Crippen molar-refractivity contribution < 1.29 is 9.59 Å². The number of nitrogens with zero attached hydrogens (tertiary/aromatic N) is 2. The van der Waals surface area contributed by atoms with Gasteiger partial charge in [-0.3, -0.25) is 9.59 Å². The second kappa shape index (κ2) is 11.3. The van der Waals surface area contributed by atoms with Crippen LogP contribution in [0.3, 0.4) is 0 Å². The SMILES string of the molecule is C=CC(=O)NC1CCC(C(=O)NC2CCCC(Nc3ncc(Cl)c(-c4c[nH]c5ccccc45)n3)C2)CC1. The number of halogens is 1. The number of nitrogens with one attached hydrogen (secondary N) is 4. The van der Waals surface area contributed by atoms with Crippen LogP contribution in [0.2, 0.25) is 5.02 Å². The Morgan fingerprint density at radius 1 is 1.03 bits per heavy atom. The van der Waals surface area contributed by atoms with Gasteiger partial charge in [0.2, 0.25) is 17.8 Å². The van der Waals surface area contributed by atoms with Gasteiger partial charge in [0.15, 0.2) is 0 Å². The number of carbonyl (C=O) groups excluding carboxylic acids is 2. The standard InChI is InChI=1S/C28H33ClN6O2/c1-2-25(36)32-18-12-10-17(11-13-18)27(37)33-19-6-5-7-20(14-19)34-28-31-16-23(29)26(35-28)22-15-30-24-9-4-3-8-21(22)24/h2-4,8-9,15-20,30H,1,5-7,10-14H2,(H,32,36)(H,33,37)(H,31,34,35). The van der Waals surface area contributed by atoms with Crippen molar-refractivity contribution in [3.05, 3.63) is 54.3 Å². The third-order valence-electron chi connectivity index (χ3n) is 7.57. The van der Waals surface area contributed by atoms with Gasteiger partial charge in [0.05, 0.1) is 16.9 Å². The van der Waals surface area contributed by atoms with Crippen LogP contribution in [0.25, 0.3) is 22.2 Å². The van der Waals surface area contributed by atoms with Crippen molar-refractivity contribution in [3.63, 3.8) is 0 Å². The van der Waals surface area contributed by atoms with E-state index in [1.807, 2.05) is 30.5 Å². The van der Waals surface area contributed by atoms with Crippen LogP contribution >= 0.6 is 11.6 Å². The van der Waals surface area contributed by atoms with Crippen LogP contribution in [0.1, 0.15) is 51.4 Å². The van der Waals surface area contributed by atoms with Crippen molar-refractivity contribution in [2.24, 2.45) is 5.92 Å². The van der Waals surface area contributed by atoms with E-state index < -0.39 is 0 Å². The van der Waals surface area contributed by atoms with Gasteiger partial charge in [0.1, 0.15) is 0 Å². The zero-order valence-corrected chi connectivity index (χ0v) is 21.6. The van der Waals surface area contributed by atoms with Crippen LogP contribution in [0.4, 0.5) is 5.95 Å².